The van der Waals surface area contributed by atoms with E-state index in [1.165, 1.54) is 0 Å². The van der Waals surface area contributed by atoms with Gasteiger partial charge in [0.2, 0.25) is 0 Å². The zero-order chi connectivity index (χ0) is 7.71. The molecule has 0 aliphatic heterocycles. The van der Waals surface area contributed by atoms with E-state index in [-0.39, 0.29) is 39.0 Å². The van der Waals surface area contributed by atoms with Crippen molar-refractivity contribution in [2.45, 2.75) is 0 Å². The topological polar surface area (TPSA) is 95.5 Å². The Kier molecular flexibility index (Phi) is 11.6. The summed E-state index contributed by atoms with van der Waals surface area (Å²) in [5.74, 6) is 0. The SMILES string of the molecule is O=P([O-])([O-])OP([O-])(=S)[S-].[Zn+2].[Zn+2]. The maximum atomic E-state index is 10.1. The van der Waals surface area contributed by atoms with Crippen LogP contribution in [0.1, 0.15) is 0 Å². The van der Waals surface area contributed by atoms with Gasteiger partial charge in [0.1, 0.15) is 0 Å². The minimum Gasteiger partial charge on any atom is -0.818 e. The molecule has 0 saturated heterocycles. The van der Waals surface area contributed by atoms with Crippen molar-refractivity contribution in [2.75, 3.05) is 0 Å². The van der Waals surface area contributed by atoms with Crippen LogP contribution in [0.4, 0.5) is 0 Å². The molecule has 0 aliphatic rings. The first-order valence-electron chi connectivity index (χ1n) is 1.46. The molecule has 0 amide bonds. The molecule has 11 heavy (non-hydrogen) atoms. The minimum absolute atomic E-state index is 0. The second-order valence-corrected chi connectivity index (χ2v) is 7.00. The third-order valence-electron chi connectivity index (χ3n) is 0.200. The van der Waals surface area contributed by atoms with Crippen LogP contribution in [0.5, 0.6) is 0 Å². The largest absolute Gasteiger partial charge is 2.00 e. The van der Waals surface area contributed by atoms with Crippen molar-refractivity contribution in [1.29, 1.82) is 0 Å². The normalized spacial score (nSPS) is 15.6. The van der Waals surface area contributed by atoms with Crippen LogP contribution in [-0.4, -0.2) is 0 Å². The Morgan fingerprint density at radius 3 is 1.55 bits per heavy atom. The average Bonchev–Trinajstić information content (AvgIpc) is 1.14. The predicted octanol–water partition coefficient (Wildman–Crippen LogP) is -2.04. The number of phosphoric acid groups is 1. The fraction of sp³-hybridized carbons (Fsp3) is 0. The number of rotatable bonds is 2. The quantitative estimate of drug-likeness (QED) is 0.325. The van der Waals surface area contributed by atoms with E-state index >= 15 is 0 Å². The minimum atomic E-state index is -5.26. The Hall–Kier alpha value is 2.32. The Morgan fingerprint density at radius 2 is 1.55 bits per heavy atom. The van der Waals surface area contributed by atoms with Crippen molar-refractivity contribution >= 4 is 37.6 Å². The predicted molar refractivity (Wildman–Crippen MR) is 30.3 cm³/mol. The summed E-state index contributed by atoms with van der Waals surface area (Å²) in [6, 6.07) is 0. The van der Waals surface area contributed by atoms with Gasteiger partial charge in [0.15, 0.2) is 0 Å². The molecule has 11 heteroatoms. The van der Waals surface area contributed by atoms with Crippen LogP contribution in [0.3, 0.4) is 0 Å². The van der Waals surface area contributed by atoms with Gasteiger partial charge in [-0.15, -0.1) is 17.5 Å². The van der Waals surface area contributed by atoms with Crippen molar-refractivity contribution in [1.82, 2.24) is 0 Å². The molecule has 0 spiro atoms. The number of hydrogen-bond acceptors (Lipinski definition) is 7. The Bertz CT molecular complexity index is 161. The van der Waals surface area contributed by atoms with Gasteiger partial charge in [-0.1, -0.05) is 0 Å². The summed E-state index contributed by atoms with van der Waals surface area (Å²) in [5.41, 5.74) is -4.01. The van der Waals surface area contributed by atoms with Crippen LogP contribution < -0.4 is 14.7 Å². The van der Waals surface area contributed by atoms with Crippen molar-refractivity contribution in [2.24, 2.45) is 0 Å². The van der Waals surface area contributed by atoms with Gasteiger partial charge < -0.3 is 35.8 Å². The molecule has 0 aromatic rings. The zero-order valence-electron chi connectivity index (χ0n) is 5.17. The molecule has 5 nitrogen and oxygen atoms in total. The number of hydrogen-bond donors (Lipinski definition) is 0. The summed E-state index contributed by atoms with van der Waals surface area (Å²) in [4.78, 5) is 29.2. The van der Waals surface area contributed by atoms with Crippen LogP contribution in [-0.2, 0) is 71.9 Å². The van der Waals surface area contributed by atoms with E-state index in [1.54, 1.807) is 0 Å². The van der Waals surface area contributed by atoms with Gasteiger partial charge in [-0.3, -0.25) is 0 Å². The maximum Gasteiger partial charge on any atom is 2.00 e. The van der Waals surface area contributed by atoms with Crippen LogP contribution in [0.15, 0.2) is 0 Å². The average molecular weight is 337 g/mol. The smallest absolute Gasteiger partial charge is 0.818 e. The van der Waals surface area contributed by atoms with E-state index in [4.69, 9.17) is 0 Å². The summed E-state index contributed by atoms with van der Waals surface area (Å²) in [7, 11) is -5.26. The van der Waals surface area contributed by atoms with Gasteiger partial charge in [0.25, 0.3) is 0 Å². The molecule has 0 radical (unpaired) electrons. The Morgan fingerprint density at radius 1 is 1.27 bits per heavy atom. The van der Waals surface area contributed by atoms with Crippen LogP contribution in [0.25, 0.3) is 0 Å². The fourth-order valence-electron chi connectivity index (χ4n) is 0.122. The summed E-state index contributed by atoms with van der Waals surface area (Å²) in [6.45, 7) is 0. The Labute approximate surface area is 99.4 Å². The van der Waals surface area contributed by atoms with Gasteiger partial charge in [-0.2, -0.15) is 0 Å². The molecule has 0 aromatic carbocycles. The second-order valence-electron chi connectivity index (χ2n) is 0.976. The van der Waals surface area contributed by atoms with E-state index in [9.17, 15) is 19.2 Å². The molecule has 0 fully saturated rings. The van der Waals surface area contributed by atoms with Gasteiger partial charge in [0, 0.05) is 0 Å². The molecule has 0 rings (SSSR count). The fourth-order valence-corrected chi connectivity index (χ4v) is 2.57. The van der Waals surface area contributed by atoms with Gasteiger partial charge in [-0.25, -0.2) is 0 Å². The third kappa shape index (κ3) is 19.0. The summed E-state index contributed by atoms with van der Waals surface area (Å²) in [6.07, 6.45) is 0. The first-order chi connectivity index (χ1) is 3.71. The van der Waals surface area contributed by atoms with E-state index in [0.29, 0.717) is 0 Å². The van der Waals surface area contributed by atoms with Crippen molar-refractivity contribution in [3.63, 3.8) is 0 Å². The standard InChI is InChI=1S/H4O5P2S2.2Zn/c1-6(2,3)5-7(4,8)9;;/h(H2,1,2,3)(H2,4,8,9);;/q;2*+2/p-4. The summed E-state index contributed by atoms with van der Waals surface area (Å²) >= 11 is 7.62. The zero-order valence-corrected chi connectivity index (χ0v) is 14.5. The van der Waals surface area contributed by atoms with Crippen molar-refractivity contribution in [3.8, 4) is 0 Å². The van der Waals surface area contributed by atoms with Gasteiger partial charge in [0.05, 0.1) is 7.82 Å². The molecule has 0 bridgehead atoms. The molecule has 0 aliphatic carbocycles. The first kappa shape index (κ1) is 19.0. The first-order valence-corrected chi connectivity index (χ1v) is 6.57. The molecule has 1 atom stereocenters. The van der Waals surface area contributed by atoms with Crippen LogP contribution in [0, 0.1) is 0 Å². The van der Waals surface area contributed by atoms with Gasteiger partial charge >= 0.3 is 39.0 Å². The maximum absolute atomic E-state index is 10.1. The summed E-state index contributed by atoms with van der Waals surface area (Å²) in [5, 5.41) is 0. The third-order valence-corrected chi connectivity index (χ3v) is 3.00. The van der Waals surface area contributed by atoms with E-state index in [1.807, 2.05) is 0 Å². The molecular formula is O5P2S2Zn2. The molecule has 0 heterocycles. The van der Waals surface area contributed by atoms with Crippen LogP contribution >= 0.6 is 13.5 Å². The second kappa shape index (κ2) is 6.72. The van der Waals surface area contributed by atoms with Gasteiger partial charge in [-0.05, 0) is 0 Å². The van der Waals surface area contributed by atoms with Crippen LogP contribution in [0.2, 0.25) is 0 Å². The molecule has 0 aromatic heterocycles. The van der Waals surface area contributed by atoms with Crippen molar-refractivity contribution < 1.29 is 62.5 Å². The van der Waals surface area contributed by atoms with E-state index < -0.39 is 13.5 Å². The van der Waals surface area contributed by atoms with Crippen molar-refractivity contribution in [3.05, 3.63) is 0 Å². The molecule has 0 N–H and O–H groups in total. The molecule has 0 saturated carbocycles. The molecule has 1 unspecified atom stereocenters. The van der Waals surface area contributed by atoms with E-state index in [0.717, 1.165) is 0 Å². The molecular weight excluding hydrogens is 337 g/mol. The monoisotopic (exact) mass is 334 g/mol. The molecule has 56 valence electrons. The Balaban J connectivity index is -0.000000320. The summed E-state index contributed by atoms with van der Waals surface area (Å²) < 4.78 is 12.8. The van der Waals surface area contributed by atoms with E-state index in [2.05, 4.69) is 28.4 Å².